The van der Waals surface area contributed by atoms with Gasteiger partial charge in [0.2, 0.25) is 0 Å². The Labute approximate surface area is 96.2 Å². The van der Waals surface area contributed by atoms with Crippen LogP contribution >= 0.6 is 0 Å². The van der Waals surface area contributed by atoms with Gasteiger partial charge in [0.15, 0.2) is 0 Å². The summed E-state index contributed by atoms with van der Waals surface area (Å²) < 4.78 is 13.2. The molecule has 1 aliphatic rings. The number of likely N-dealkylation sites (N-methyl/N-ethyl adjacent to an activating group) is 1. The van der Waals surface area contributed by atoms with Gasteiger partial charge in [0.1, 0.15) is 5.82 Å². The lowest BCUT2D eigenvalue weighted by atomic mass is 9.99. The van der Waals surface area contributed by atoms with Crippen LogP contribution < -0.4 is 5.73 Å². The summed E-state index contributed by atoms with van der Waals surface area (Å²) in [7, 11) is 2.08. The van der Waals surface area contributed by atoms with Crippen molar-refractivity contribution < 1.29 is 4.39 Å². The third kappa shape index (κ3) is 2.42. The normalized spacial score (nSPS) is 19.8. The van der Waals surface area contributed by atoms with E-state index < -0.39 is 0 Å². The zero-order chi connectivity index (χ0) is 11.7. The molecule has 0 radical (unpaired) electrons. The average molecular weight is 222 g/mol. The topological polar surface area (TPSA) is 29.3 Å². The second kappa shape index (κ2) is 4.52. The molecule has 16 heavy (non-hydrogen) atoms. The second-order valence-corrected chi connectivity index (χ2v) is 4.76. The number of hydrogen-bond donors (Lipinski definition) is 1. The summed E-state index contributed by atoms with van der Waals surface area (Å²) in [4.78, 5) is 2.28. The standard InChI is InChI=1S/C13H19FN2/c1-9(15)13(16(2)12-6-7-12)10-4-3-5-11(14)8-10/h3-5,8-9,12-13H,6-7,15H2,1-2H3. The van der Waals surface area contributed by atoms with E-state index in [4.69, 9.17) is 5.73 Å². The summed E-state index contributed by atoms with van der Waals surface area (Å²) >= 11 is 0. The molecule has 3 heteroatoms. The molecule has 88 valence electrons. The third-order valence-corrected chi connectivity index (χ3v) is 3.25. The van der Waals surface area contributed by atoms with Crippen LogP contribution in [0.15, 0.2) is 24.3 Å². The summed E-state index contributed by atoms with van der Waals surface area (Å²) in [6, 6.07) is 7.51. The van der Waals surface area contributed by atoms with Gasteiger partial charge < -0.3 is 5.73 Å². The molecule has 0 bridgehead atoms. The molecule has 0 heterocycles. The van der Waals surface area contributed by atoms with Crippen LogP contribution in [0.5, 0.6) is 0 Å². The molecule has 2 unspecified atom stereocenters. The number of nitrogens with zero attached hydrogens (tertiary/aromatic N) is 1. The fraction of sp³-hybridized carbons (Fsp3) is 0.538. The lowest BCUT2D eigenvalue weighted by molar-refractivity contribution is 0.209. The molecule has 2 rings (SSSR count). The predicted molar refractivity (Wildman–Crippen MR) is 63.6 cm³/mol. The number of halogens is 1. The van der Waals surface area contributed by atoms with Crippen molar-refractivity contribution >= 4 is 0 Å². The Morgan fingerprint density at radius 3 is 2.62 bits per heavy atom. The van der Waals surface area contributed by atoms with Gasteiger partial charge in [-0.2, -0.15) is 0 Å². The van der Waals surface area contributed by atoms with Gasteiger partial charge in [-0.05, 0) is 44.5 Å². The monoisotopic (exact) mass is 222 g/mol. The highest BCUT2D eigenvalue weighted by atomic mass is 19.1. The van der Waals surface area contributed by atoms with Crippen molar-refractivity contribution in [3.8, 4) is 0 Å². The first-order chi connectivity index (χ1) is 7.59. The number of hydrogen-bond acceptors (Lipinski definition) is 2. The van der Waals surface area contributed by atoms with Gasteiger partial charge in [-0.25, -0.2) is 4.39 Å². The molecule has 1 aliphatic carbocycles. The first-order valence-electron chi connectivity index (χ1n) is 5.82. The van der Waals surface area contributed by atoms with E-state index in [0.29, 0.717) is 6.04 Å². The zero-order valence-corrected chi connectivity index (χ0v) is 9.86. The van der Waals surface area contributed by atoms with E-state index >= 15 is 0 Å². The number of nitrogens with two attached hydrogens (primary N) is 1. The quantitative estimate of drug-likeness (QED) is 0.847. The first kappa shape index (κ1) is 11.6. The van der Waals surface area contributed by atoms with Crippen LogP contribution in [0.25, 0.3) is 0 Å². The van der Waals surface area contributed by atoms with Gasteiger partial charge in [0.25, 0.3) is 0 Å². The molecule has 2 atom stereocenters. The Balaban J connectivity index is 2.24. The first-order valence-corrected chi connectivity index (χ1v) is 5.82. The van der Waals surface area contributed by atoms with Gasteiger partial charge >= 0.3 is 0 Å². The van der Waals surface area contributed by atoms with Crippen LogP contribution in [0.2, 0.25) is 0 Å². The molecule has 0 aromatic heterocycles. The van der Waals surface area contributed by atoms with Crippen molar-refractivity contribution in [2.24, 2.45) is 5.73 Å². The maximum atomic E-state index is 13.2. The van der Waals surface area contributed by atoms with Crippen LogP contribution in [0, 0.1) is 5.82 Å². The maximum Gasteiger partial charge on any atom is 0.123 e. The fourth-order valence-corrected chi connectivity index (χ4v) is 2.31. The highest BCUT2D eigenvalue weighted by Crippen LogP contribution is 2.34. The summed E-state index contributed by atoms with van der Waals surface area (Å²) in [5.41, 5.74) is 7.00. The maximum absolute atomic E-state index is 13.2. The minimum Gasteiger partial charge on any atom is -0.326 e. The molecule has 0 saturated heterocycles. The van der Waals surface area contributed by atoms with Crippen LogP contribution in [0.1, 0.15) is 31.4 Å². The van der Waals surface area contributed by atoms with E-state index in [2.05, 4.69) is 11.9 Å². The molecule has 1 aromatic rings. The molecule has 0 spiro atoms. The summed E-state index contributed by atoms with van der Waals surface area (Å²) in [6.45, 7) is 1.98. The van der Waals surface area contributed by atoms with Crippen molar-refractivity contribution in [2.45, 2.75) is 37.9 Å². The van der Waals surface area contributed by atoms with Gasteiger partial charge in [-0.1, -0.05) is 12.1 Å². The van der Waals surface area contributed by atoms with E-state index in [-0.39, 0.29) is 17.9 Å². The summed E-state index contributed by atoms with van der Waals surface area (Å²) in [6.07, 6.45) is 2.46. The molecular formula is C13H19FN2. The molecule has 1 aromatic carbocycles. The Kier molecular flexibility index (Phi) is 3.26. The van der Waals surface area contributed by atoms with E-state index in [1.165, 1.54) is 18.9 Å². The Morgan fingerprint density at radius 1 is 1.44 bits per heavy atom. The molecule has 0 aliphatic heterocycles. The van der Waals surface area contributed by atoms with Gasteiger partial charge in [-0.15, -0.1) is 0 Å². The third-order valence-electron chi connectivity index (χ3n) is 3.25. The van der Waals surface area contributed by atoms with E-state index in [1.807, 2.05) is 13.0 Å². The number of rotatable bonds is 4. The minimum atomic E-state index is -0.188. The Morgan fingerprint density at radius 2 is 2.12 bits per heavy atom. The molecule has 2 N–H and O–H groups in total. The van der Waals surface area contributed by atoms with Crippen molar-refractivity contribution in [1.82, 2.24) is 4.90 Å². The van der Waals surface area contributed by atoms with E-state index in [0.717, 1.165) is 5.56 Å². The van der Waals surface area contributed by atoms with Gasteiger partial charge in [0, 0.05) is 18.1 Å². The van der Waals surface area contributed by atoms with Crippen LogP contribution in [-0.4, -0.2) is 24.0 Å². The smallest absolute Gasteiger partial charge is 0.123 e. The molecular weight excluding hydrogens is 203 g/mol. The van der Waals surface area contributed by atoms with Crippen LogP contribution in [-0.2, 0) is 0 Å². The average Bonchev–Trinajstić information content (AvgIpc) is 3.00. The van der Waals surface area contributed by atoms with Gasteiger partial charge in [-0.3, -0.25) is 4.90 Å². The van der Waals surface area contributed by atoms with Crippen molar-refractivity contribution in [3.63, 3.8) is 0 Å². The predicted octanol–water partition coefficient (Wildman–Crippen LogP) is 2.31. The fourth-order valence-electron chi connectivity index (χ4n) is 2.31. The molecule has 2 nitrogen and oxygen atoms in total. The molecule has 1 saturated carbocycles. The van der Waals surface area contributed by atoms with Crippen molar-refractivity contribution in [3.05, 3.63) is 35.6 Å². The zero-order valence-electron chi connectivity index (χ0n) is 9.86. The lowest BCUT2D eigenvalue weighted by Gasteiger charge is -2.31. The number of benzene rings is 1. The minimum absolute atomic E-state index is 0.00685. The highest BCUT2D eigenvalue weighted by molar-refractivity contribution is 5.22. The summed E-state index contributed by atoms with van der Waals surface area (Å²) in [5.74, 6) is -0.188. The van der Waals surface area contributed by atoms with Gasteiger partial charge in [0.05, 0.1) is 0 Å². The van der Waals surface area contributed by atoms with Crippen molar-refractivity contribution in [2.75, 3.05) is 7.05 Å². The SMILES string of the molecule is CC(N)C(c1cccc(F)c1)N(C)C1CC1. The summed E-state index contributed by atoms with van der Waals surface area (Å²) in [5, 5.41) is 0. The van der Waals surface area contributed by atoms with Crippen molar-refractivity contribution in [1.29, 1.82) is 0 Å². The van der Waals surface area contributed by atoms with E-state index in [9.17, 15) is 4.39 Å². The molecule has 1 fully saturated rings. The highest BCUT2D eigenvalue weighted by Gasteiger charge is 2.33. The van der Waals surface area contributed by atoms with Crippen LogP contribution in [0.4, 0.5) is 4.39 Å². The second-order valence-electron chi connectivity index (χ2n) is 4.76. The van der Waals surface area contributed by atoms with Crippen LogP contribution in [0.3, 0.4) is 0 Å². The largest absolute Gasteiger partial charge is 0.326 e. The lowest BCUT2D eigenvalue weighted by Crippen LogP contribution is -2.38. The Hall–Kier alpha value is -0.930. The Bertz CT molecular complexity index is 361. The molecule has 0 amide bonds. The van der Waals surface area contributed by atoms with E-state index in [1.54, 1.807) is 12.1 Å².